The highest BCUT2D eigenvalue weighted by atomic mass is 32.2. The number of rotatable bonds is 5. The van der Waals surface area contributed by atoms with Crippen LogP contribution in [0.4, 0.5) is 5.69 Å². The monoisotopic (exact) mass is 213 g/mol. The lowest BCUT2D eigenvalue weighted by molar-refractivity contribution is 0.320. The molecule has 0 aliphatic rings. The van der Waals surface area contributed by atoms with E-state index in [2.05, 4.69) is 0 Å². The second-order valence-corrected chi connectivity index (χ2v) is 4.57. The maximum atomic E-state index is 10.8. The molecule has 0 aromatic heterocycles. The summed E-state index contributed by atoms with van der Waals surface area (Å²) >= 11 is 0. The molecule has 1 aromatic rings. The molecule has 0 radical (unpaired) electrons. The topological polar surface area (TPSA) is 52.3 Å². The summed E-state index contributed by atoms with van der Waals surface area (Å²) in [7, 11) is -0.740. The molecule has 14 heavy (non-hydrogen) atoms. The molecule has 3 nitrogen and oxygen atoms in total. The lowest BCUT2D eigenvalue weighted by Gasteiger charge is -2.07. The highest BCUT2D eigenvalue weighted by Crippen LogP contribution is 2.19. The van der Waals surface area contributed by atoms with Crippen molar-refractivity contribution in [3.05, 3.63) is 24.3 Å². The van der Waals surface area contributed by atoms with Gasteiger partial charge in [-0.2, -0.15) is 0 Å². The van der Waals surface area contributed by atoms with E-state index in [0.29, 0.717) is 23.8 Å². The van der Waals surface area contributed by atoms with Crippen molar-refractivity contribution in [2.75, 3.05) is 24.3 Å². The van der Waals surface area contributed by atoms with Gasteiger partial charge in [0.15, 0.2) is 0 Å². The average Bonchev–Trinajstić information content (AvgIpc) is 2.15. The van der Waals surface area contributed by atoms with E-state index in [4.69, 9.17) is 10.5 Å². The first kappa shape index (κ1) is 11.0. The summed E-state index contributed by atoms with van der Waals surface area (Å²) in [5, 5.41) is 0. The molecule has 0 aliphatic carbocycles. The minimum absolute atomic E-state index is 0.563. The number of para-hydroxylation sites is 2. The van der Waals surface area contributed by atoms with Crippen molar-refractivity contribution in [1.29, 1.82) is 0 Å². The van der Waals surface area contributed by atoms with Crippen LogP contribution in [0, 0.1) is 0 Å². The van der Waals surface area contributed by atoms with Gasteiger partial charge in [0, 0.05) is 22.8 Å². The van der Waals surface area contributed by atoms with E-state index in [9.17, 15) is 4.21 Å². The molecule has 0 heterocycles. The zero-order chi connectivity index (χ0) is 10.4. The molecule has 1 aromatic carbocycles. The van der Waals surface area contributed by atoms with Crippen LogP contribution in [0.5, 0.6) is 5.75 Å². The quantitative estimate of drug-likeness (QED) is 0.594. The Morgan fingerprint density at radius 3 is 2.79 bits per heavy atom. The molecule has 0 saturated carbocycles. The third-order valence-corrected chi connectivity index (χ3v) is 2.62. The molecule has 0 fully saturated rings. The molecule has 1 unspecified atom stereocenters. The summed E-state index contributed by atoms with van der Waals surface area (Å²) in [6.07, 6.45) is 2.48. The zero-order valence-corrected chi connectivity index (χ0v) is 9.05. The Hall–Kier alpha value is -1.03. The molecule has 0 amide bonds. The van der Waals surface area contributed by atoms with Crippen molar-refractivity contribution in [2.24, 2.45) is 0 Å². The second-order valence-electron chi connectivity index (χ2n) is 3.02. The van der Waals surface area contributed by atoms with Gasteiger partial charge in [0.1, 0.15) is 5.75 Å². The van der Waals surface area contributed by atoms with E-state index in [1.165, 1.54) is 0 Å². The molecular weight excluding hydrogens is 198 g/mol. The van der Waals surface area contributed by atoms with Gasteiger partial charge in [0.25, 0.3) is 0 Å². The van der Waals surface area contributed by atoms with Crippen molar-refractivity contribution in [3.63, 3.8) is 0 Å². The van der Waals surface area contributed by atoms with Crippen LogP contribution in [0.1, 0.15) is 6.42 Å². The van der Waals surface area contributed by atoms with Gasteiger partial charge in [-0.25, -0.2) is 0 Å². The molecule has 0 aliphatic heterocycles. The number of hydrogen-bond acceptors (Lipinski definition) is 3. The van der Waals surface area contributed by atoms with E-state index in [0.717, 1.165) is 6.42 Å². The predicted octanol–water partition coefficient (Wildman–Crippen LogP) is 1.42. The summed E-state index contributed by atoms with van der Waals surface area (Å²) in [6, 6.07) is 7.37. The van der Waals surface area contributed by atoms with Crippen molar-refractivity contribution in [2.45, 2.75) is 6.42 Å². The van der Waals surface area contributed by atoms with E-state index >= 15 is 0 Å². The molecular formula is C10H15NO2S. The van der Waals surface area contributed by atoms with E-state index in [-0.39, 0.29) is 0 Å². The summed E-state index contributed by atoms with van der Waals surface area (Å²) in [6.45, 7) is 0.563. The van der Waals surface area contributed by atoms with Crippen LogP contribution in [0.15, 0.2) is 24.3 Å². The van der Waals surface area contributed by atoms with Crippen molar-refractivity contribution in [1.82, 2.24) is 0 Å². The molecule has 4 heteroatoms. The normalized spacial score (nSPS) is 12.4. The standard InChI is InChI=1S/C10H15NO2S/c1-14(12)8-4-7-13-10-6-3-2-5-9(10)11/h2-3,5-6H,4,7-8,11H2,1H3. The first-order valence-corrected chi connectivity index (χ1v) is 6.20. The minimum atomic E-state index is -0.740. The van der Waals surface area contributed by atoms with Gasteiger partial charge in [0.2, 0.25) is 0 Å². The Bertz CT molecular complexity index is 315. The van der Waals surface area contributed by atoms with Gasteiger partial charge in [-0.1, -0.05) is 12.1 Å². The fraction of sp³-hybridized carbons (Fsp3) is 0.400. The van der Waals surface area contributed by atoms with E-state index < -0.39 is 10.8 Å². The largest absolute Gasteiger partial charge is 0.491 e. The lowest BCUT2D eigenvalue weighted by atomic mass is 10.3. The number of benzene rings is 1. The third kappa shape index (κ3) is 3.79. The molecule has 1 rings (SSSR count). The zero-order valence-electron chi connectivity index (χ0n) is 8.23. The van der Waals surface area contributed by atoms with Gasteiger partial charge in [0.05, 0.1) is 12.3 Å². The summed E-state index contributed by atoms with van der Waals surface area (Å²) < 4.78 is 16.2. The number of anilines is 1. The van der Waals surface area contributed by atoms with Crippen LogP contribution in [-0.4, -0.2) is 22.8 Å². The maximum absolute atomic E-state index is 10.8. The number of hydrogen-bond donors (Lipinski definition) is 1. The molecule has 0 bridgehead atoms. The fourth-order valence-electron chi connectivity index (χ4n) is 1.06. The number of nitrogens with two attached hydrogens (primary N) is 1. The fourth-order valence-corrected chi connectivity index (χ4v) is 1.58. The number of nitrogen functional groups attached to an aromatic ring is 1. The van der Waals surface area contributed by atoms with Crippen molar-refractivity contribution < 1.29 is 8.95 Å². The molecule has 0 saturated heterocycles. The first-order chi connectivity index (χ1) is 6.70. The van der Waals surface area contributed by atoms with Crippen LogP contribution in [0.3, 0.4) is 0 Å². The van der Waals surface area contributed by atoms with Gasteiger partial charge in [-0.05, 0) is 18.6 Å². The van der Waals surface area contributed by atoms with Crippen LogP contribution in [0.2, 0.25) is 0 Å². The highest BCUT2D eigenvalue weighted by Gasteiger charge is 1.98. The minimum Gasteiger partial charge on any atom is -0.491 e. The van der Waals surface area contributed by atoms with Crippen LogP contribution < -0.4 is 10.5 Å². The molecule has 0 spiro atoms. The summed E-state index contributed by atoms with van der Waals surface area (Å²) in [5.41, 5.74) is 6.32. The summed E-state index contributed by atoms with van der Waals surface area (Å²) in [5.74, 6) is 1.38. The van der Waals surface area contributed by atoms with Crippen molar-refractivity contribution >= 4 is 16.5 Å². The van der Waals surface area contributed by atoms with Gasteiger partial charge >= 0.3 is 0 Å². The SMILES string of the molecule is CS(=O)CCCOc1ccccc1N. The Balaban J connectivity index is 2.31. The second kappa shape index (κ2) is 5.65. The first-order valence-electron chi connectivity index (χ1n) is 4.47. The predicted molar refractivity (Wildman–Crippen MR) is 59.9 cm³/mol. The molecule has 78 valence electrons. The molecule has 1 atom stereocenters. The van der Waals surface area contributed by atoms with Crippen molar-refractivity contribution in [3.8, 4) is 5.75 Å². The van der Waals surface area contributed by atoms with Gasteiger partial charge < -0.3 is 10.5 Å². The Kier molecular flexibility index (Phi) is 4.46. The smallest absolute Gasteiger partial charge is 0.142 e. The Morgan fingerprint density at radius 2 is 2.14 bits per heavy atom. The Labute approximate surface area is 86.7 Å². The average molecular weight is 213 g/mol. The van der Waals surface area contributed by atoms with Crippen LogP contribution in [0.25, 0.3) is 0 Å². The summed E-state index contributed by atoms with van der Waals surface area (Å²) in [4.78, 5) is 0. The van der Waals surface area contributed by atoms with Crippen LogP contribution >= 0.6 is 0 Å². The van der Waals surface area contributed by atoms with Gasteiger partial charge in [-0.15, -0.1) is 0 Å². The number of ether oxygens (including phenoxy) is 1. The molecule has 2 N–H and O–H groups in total. The highest BCUT2D eigenvalue weighted by molar-refractivity contribution is 7.84. The Morgan fingerprint density at radius 1 is 1.43 bits per heavy atom. The maximum Gasteiger partial charge on any atom is 0.142 e. The lowest BCUT2D eigenvalue weighted by Crippen LogP contribution is -2.04. The third-order valence-electron chi connectivity index (χ3n) is 1.75. The van der Waals surface area contributed by atoms with Crippen LogP contribution in [-0.2, 0) is 10.8 Å². The van der Waals surface area contributed by atoms with E-state index in [1.54, 1.807) is 12.3 Å². The van der Waals surface area contributed by atoms with Gasteiger partial charge in [-0.3, -0.25) is 4.21 Å². The van der Waals surface area contributed by atoms with E-state index in [1.807, 2.05) is 18.2 Å².